The van der Waals surface area contributed by atoms with Crippen molar-refractivity contribution >= 4 is 21.6 Å². The van der Waals surface area contributed by atoms with E-state index in [1.165, 1.54) is 0 Å². The summed E-state index contributed by atoms with van der Waals surface area (Å²) in [5.41, 5.74) is 2.48. The monoisotopic (exact) mass is 390 g/mol. The van der Waals surface area contributed by atoms with Crippen LogP contribution in [0.1, 0.15) is 24.5 Å². The van der Waals surface area contributed by atoms with Gasteiger partial charge in [-0.2, -0.15) is 0 Å². The molecule has 0 bridgehead atoms. The molecule has 7 heteroatoms. The van der Waals surface area contributed by atoms with Gasteiger partial charge in [-0.25, -0.2) is 8.42 Å². The summed E-state index contributed by atoms with van der Waals surface area (Å²) < 4.78 is 32.5. The van der Waals surface area contributed by atoms with Gasteiger partial charge in [0.15, 0.2) is 0 Å². The molecule has 0 aromatic heterocycles. The summed E-state index contributed by atoms with van der Waals surface area (Å²) in [5, 5.41) is 2.85. The van der Waals surface area contributed by atoms with Crippen LogP contribution in [0.4, 0.5) is 5.69 Å². The maximum absolute atomic E-state index is 12.5. The second-order valence-corrected chi connectivity index (χ2v) is 8.22. The molecule has 0 aliphatic carbocycles. The van der Waals surface area contributed by atoms with Crippen molar-refractivity contribution in [3.8, 4) is 0 Å². The lowest BCUT2D eigenvalue weighted by atomic mass is 10.1. The molecule has 2 rings (SSSR count). The van der Waals surface area contributed by atoms with Crippen molar-refractivity contribution in [1.82, 2.24) is 5.32 Å². The smallest absolute Gasteiger partial charge is 0.261 e. The van der Waals surface area contributed by atoms with Gasteiger partial charge in [0.2, 0.25) is 5.91 Å². The lowest BCUT2D eigenvalue weighted by Crippen LogP contribution is -2.35. The molecule has 2 N–H and O–H groups in total. The second-order valence-electron chi connectivity index (χ2n) is 6.54. The van der Waals surface area contributed by atoms with Gasteiger partial charge in [-0.05, 0) is 50.1 Å². The topological polar surface area (TPSA) is 84.5 Å². The van der Waals surface area contributed by atoms with Gasteiger partial charge in [-0.15, -0.1) is 0 Å². The Bertz CT molecular complexity index is 847. The largest absolute Gasteiger partial charge is 0.383 e. The number of benzene rings is 2. The first-order valence-electron chi connectivity index (χ1n) is 8.77. The Morgan fingerprint density at radius 2 is 1.70 bits per heavy atom. The summed E-state index contributed by atoms with van der Waals surface area (Å²) in [6.07, 6.45) is 0.874. The fourth-order valence-corrected chi connectivity index (χ4v) is 3.63. The minimum absolute atomic E-state index is 0.0390. The fraction of sp³-hybridized carbons (Fsp3) is 0.350. The van der Waals surface area contributed by atoms with E-state index in [0.29, 0.717) is 25.1 Å². The second kappa shape index (κ2) is 9.53. The van der Waals surface area contributed by atoms with Crippen LogP contribution in [0.2, 0.25) is 0 Å². The molecule has 27 heavy (non-hydrogen) atoms. The normalized spacial score (nSPS) is 12.4. The van der Waals surface area contributed by atoms with Crippen LogP contribution in [0.15, 0.2) is 53.4 Å². The van der Waals surface area contributed by atoms with Gasteiger partial charge in [0.1, 0.15) is 0 Å². The zero-order valence-corrected chi connectivity index (χ0v) is 16.7. The maximum atomic E-state index is 12.5. The van der Waals surface area contributed by atoms with E-state index in [4.69, 9.17) is 4.74 Å². The molecule has 2 aromatic rings. The van der Waals surface area contributed by atoms with Crippen molar-refractivity contribution in [3.05, 3.63) is 59.7 Å². The highest BCUT2D eigenvalue weighted by Crippen LogP contribution is 2.17. The van der Waals surface area contributed by atoms with Gasteiger partial charge >= 0.3 is 0 Å². The van der Waals surface area contributed by atoms with E-state index in [9.17, 15) is 13.2 Å². The zero-order valence-electron chi connectivity index (χ0n) is 15.9. The van der Waals surface area contributed by atoms with Crippen LogP contribution >= 0.6 is 0 Å². The number of sulfonamides is 1. The third-order valence-corrected chi connectivity index (χ3v) is 5.40. The average Bonchev–Trinajstić information content (AvgIpc) is 2.62. The van der Waals surface area contributed by atoms with Crippen molar-refractivity contribution < 1.29 is 17.9 Å². The van der Waals surface area contributed by atoms with Crippen LogP contribution in [0.3, 0.4) is 0 Å². The molecule has 0 aliphatic heterocycles. The highest BCUT2D eigenvalue weighted by molar-refractivity contribution is 7.92. The molecule has 146 valence electrons. The highest BCUT2D eigenvalue weighted by Gasteiger charge is 2.14. The predicted molar refractivity (Wildman–Crippen MR) is 106 cm³/mol. The summed E-state index contributed by atoms with van der Waals surface area (Å²) >= 11 is 0. The molecule has 0 saturated carbocycles. The fourth-order valence-electron chi connectivity index (χ4n) is 2.57. The number of aryl methyl sites for hydroxylation is 2. The molecule has 0 fully saturated rings. The lowest BCUT2D eigenvalue weighted by Gasteiger charge is -2.12. The number of hydrogen-bond acceptors (Lipinski definition) is 4. The first-order valence-corrected chi connectivity index (χ1v) is 10.2. The molecule has 2 aromatic carbocycles. The maximum Gasteiger partial charge on any atom is 0.261 e. The Hall–Kier alpha value is -2.38. The number of anilines is 1. The molecule has 6 nitrogen and oxygen atoms in total. The minimum Gasteiger partial charge on any atom is -0.383 e. The van der Waals surface area contributed by atoms with E-state index >= 15 is 0 Å². The Morgan fingerprint density at radius 3 is 2.30 bits per heavy atom. The van der Waals surface area contributed by atoms with Gasteiger partial charge in [-0.1, -0.05) is 29.8 Å². The number of carbonyl (C=O) groups excluding carboxylic acids is 1. The zero-order chi connectivity index (χ0) is 19.9. The number of carbonyl (C=O) groups is 1. The molecule has 1 amide bonds. The Kier molecular flexibility index (Phi) is 7.38. The van der Waals surface area contributed by atoms with Gasteiger partial charge in [0, 0.05) is 25.3 Å². The predicted octanol–water partition coefficient (Wildman–Crippen LogP) is 2.88. The summed E-state index contributed by atoms with van der Waals surface area (Å²) in [6.45, 7) is 4.28. The molecule has 0 saturated heterocycles. The number of ether oxygens (including phenoxy) is 1. The summed E-state index contributed by atoms with van der Waals surface area (Å²) in [7, 11) is -2.05. The van der Waals surface area contributed by atoms with E-state index in [1.807, 2.05) is 26.0 Å². The van der Waals surface area contributed by atoms with Crippen molar-refractivity contribution in [3.63, 3.8) is 0 Å². The average molecular weight is 391 g/mol. The minimum atomic E-state index is -3.64. The van der Waals surface area contributed by atoms with Gasteiger partial charge < -0.3 is 10.1 Å². The van der Waals surface area contributed by atoms with Gasteiger partial charge in [-0.3, -0.25) is 9.52 Å². The molecular formula is C20H26N2O4S. The Morgan fingerprint density at radius 1 is 1.07 bits per heavy atom. The van der Waals surface area contributed by atoms with Crippen molar-refractivity contribution in [2.45, 2.75) is 37.6 Å². The van der Waals surface area contributed by atoms with Gasteiger partial charge in [0.05, 0.1) is 11.5 Å². The van der Waals surface area contributed by atoms with Crippen molar-refractivity contribution in [1.29, 1.82) is 0 Å². The SMILES string of the molecule is COC[C@H](C)NC(=O)CCc1ccc(S(=O)(=O)Nc2ccc(C)cc2)cc1. The number of nitrogens with one attached hydrogen (secondary N) is 2. The molecule has 0 unspecified atom stereocenters. The van der Waals surface area contributed by atoms with Crippen LogP contribution in [0.25, 0.3) is 0 Å². The number of methoxy groups -OCH3 is 1. The molecule has 1 atom stereocenters. The van der Waals surface area contributed by atoms with Crippen LogP contribution in [-0.2, 0) is 26.0 Å². The van der Waals surface area contributed by atoms with Gasteiger partial charge in [0.25, 0.3) is 10.0 Å². The summed E-state index contributed by atoms with van der Waals surface area (Å²) in [4.78, 5) is 12.1. The highest BCUT2D eigenvalue weighted by atomic mass is 32.2. The lowest BCUT2D eigenvalue weighted by molar-refractivity contribution is -0.122. The number of rotatable bonds is 9. The number of hydrogen-bond donors (Lipinski definition) is 2. The molecule has 0 aliphatic rings. The quantitative estimate of drug-likeness (QED) is 0.689. The van der Waals surface area contributed by atoms with Crippen molar-refractivity contribution in [2.24, 2.45) is 0 Å². The van der Waals surface area contributed by atoms with Crippen LogP contribution < -0.4 is 10.0 Å². The molecule has 0 radical (unpaired) electrons. The Balaban J connectivity index is 1.93. The first-order chi connectivity index (χ1) is 12.8. The third kappa shape index (κ3) is 6.69. The summed E-state index contributed by atoms with van der Waals surface area (Å²) in [5.74, 6) is -0.0581. The van der Waals surface area contributed by atoms with Crippen molar-refractivity contribution in [2.75, 3.05) is 18.4 Å². The van der Waals surface area contributed by atoms with E-state index in [0.717, 1.165) is 11.1 Å². The molecular weight excluding hydrogens is 364 g/mol. The van der Waals surface area contributed by atoms with E-state index in [1.54, 1.807) is 43.5 Å². The van der Waals surface area contributed by atoms with Crippen LogP contribution in [0.5, 0.6) is 0 Å². The van der Waals surface area contributed by atoms with E-state index < -0.39 is 10.0 Å². The van der Waals surface area contributed by atoms with E-state index in [-0.39, 0.29) is 16.8 Å². The summed E-state index contributed by atoms with van der Waals surface area (Å²) in [6, 6.07) is 13.7. The molecule has 0 spiro atoms. The van der Waals surface area contributed by atoms with E-state index in [2.05, 4.69) is 10.0 Å². The van der Waals surface area contributed by atoms with Crippen LogP contribution in [-0.4, -0.2) is 34.1 Å². The standard InChI is InChI=1S/C20H26N2O4S/c1-15-4-9-18(10-5-15)22-27(24,25)19-11-6-17(7-12-19)8-13-20(23)21-16(2)14-26-3/h4-7,9-12,16,22H,8,13-14H2,1-3H3,(H,21,23)/t16-/m0/s1. The first kappa shape index (κ1) is 20.9. The number of amides is 1. The molecule has 0 heterocycles. The van der Waals surface area contributed by atoms with Crippen LogP contribution in [0, 0.1) is 6.92 Å². The third-order valence-electron chi connectivity index (χ3n) is 4.00. The Labute approximate surface area is 161 Å².